The zero-order valence-corrected chi connectivity index (χ0v) is 10.5. The van der Waals surface area contributed by atoms with E-state index >= 15 is 0 Å². The third-order valence-electron chi connectivity index (χ3n) is 1.76. The Morgan fingerprint density at radius 3 is 2.47 bits per heavy atom. The summed E-state index contributed by atoms with van der Waals surface area (Å²) < 4.78 is 0. The van der Waals surface area contributed by atoms with Crippen LogP contribution in [-0.2, 0) is 0 Å². The van der Waals surface area contributed by atoms with Crippen LogP contribution in [0.1, 0.15) is 19.4 Å². The largest absolute Gasteiger partial charge is 0.383 e. The number of pyridine rings is 1. The van der Waals surface area contributed by atoms with Crippen LogP contribution in [0.15, 0.2) is 18.5 Å². The van der Waals surface area contributed by atoms with Gasteiger partial charge in [0.15, 0.2) is 0 Å². The minimum Gasteiger partial charge on any atom is -0.383 e. The molecule has 0 saturated heterocycles. The third kappa shape index (κ3) is 6.91. The second kappa shape index (κ2) is 8.24. The van der Waals surface area contributed by atoms with E-state index in [1.807, 2.05) is 33.2 Å². The van der Waals surface area contributed by atoms with E-state index in [0.29, 0.717) is 0 Å². The molecule has 0 aliphatic heterocycles. The lowest BCUT2D eigenvalue weighted by molar-refractivity contribution is 0.425. The molecule has 1 aromatic rings. The molecular formula is C12H23N3. The molecule has 0 fully saturated rings. The van der Waals surface area contributed by atoms with Gasteiger partial charge in [-0.25, -0.2) is 0 Å². The molecule has 3 nitrogen and oxygen atoms in total. The van der Waals surface area contributed by atoms with Crippen LogP contribution in [0.4, 0.5) is 5.69 Å². The van der Waals surface area contributed by atoms with Gasteiger partial charge in [0.2, 0.25) is 0 Å². The first-order valence-corrected chi connectivity index (χ1v) is 5.49. The second-order valence-corrected chi connectivity index (χ2v) is 3.48. The number of anilines is 1. The predicted molar refractivity (Wildman–Crippen MR) is 67.4 cm³/mol. The average molecular weight is 209 g/mol. The Hall–Kier alpha value is -1.09. The molecule has 0 amide bonds. The molecule has 0 saturated carbocycles. The number of nitrogens with zero attached hydrogens (tertiary/aromatic N) is 2. The van der Waals surface area contributed by atoms with Crippen molar-refractivity contribution in [3.63, 3.8) is 0 Å². The van der Waals surface area contributed by atoms with Crippen molar-refractivity contribution in [1.29, 1.82) is 0 Å². The predicted octanol–water partition coefficient (Wildman–Crippen LogP) is 2.39. The molecule has 0 aliphatic carbocycles. The van der Waals surface area contributed by atoms with E-state index in [-0.39, 0.29) is 0 Å². The van der Waals surface area contributed by atoms with Crippen LogP contribution in [0, 0.1) is 6.92 Å². The summed E-state index contributed by atoms with van der Waals surface area (Å²) in [5.41, 5.74) is 2.29. The highest BCUT2D eigenvalue weighted by atomic mass is 15.1. The van der Waals surface area contributed by atoms with Gasteiger partial charge < -0.3 is 10.2 Å². The summed E-state index contributed by atoms with van der Waals surface area (Å²) in [7, 11) is 4.13. The first-order valence-electron chi connectivity index (χ1n) is 5.49. The third-order valence-corrected chi connectivity index (χ3v) is 1.76. The summed E-state index contributed by atoms with van der Waals surface area (Å²) in [5, 5.41) is 3.31. The molecule has 0 spiro atoms. The van der Waals surface area contributed by atoms with E-state index in [4.69, 9.17) is 0 Å². The lowest BCUT2D eigenvalue weighted by Crippen LogP contribution is -2.20. The van der Waals surface area contributed by atoms with Crippen molar-refractivity contribution < 1.29 is 0 Å². The number of aryl methyl sites for hydroxylation is 1. The minimum atomic E-state index is 0.956. The fraction of sp³-hybridized carbons (Fsp3) is 0.583. The molecule has 0 atom stereocenters. The van der Waals surface area contributed by atoms with Gasteiger partial charge in [-0.2, -0.15) is 0 Å². The van der Waals surface area contributed by atoms with Crippen LogP contribution in [-0.4, -0.2) is 37.1 Å². The van der Waals surface area contributed by atoms with Crippen LogP contribution in [0.2, 0.25) is 0 Å². The zero-order chi connectivity index (χ0) is 11.7. The van der Waals surface area contributed by atoms with Crippen molar-refractivity contribution in [2.45, 2.75) is 20.8 Å². The summed E-state index contributed by atoms with van der Waals surface area (Å²) in [6.07, 6.45) is 3.71. The van der Waals surface area contributed by atoms with Gasteiger partial charge in [-0.15, -0.1) is 0 Å². The highest BCUT2D eigenvalue weighted by molar-refractivity contribution is 5.42. The van der Waals surface area contributed by atoms with Gasteiger partial charge in [0.05, 0.1) is 5.69 Å². The maximum atomic E-state index is 4.11. The Bertz CT molecular complexity index is 259. The molecule has 1 N–H and O–H groups in total. The van der Waals surface area contributed by atoms with Gasteiger partial charge in [-0.1, -0.05) is 13.8 Å². The van der Waals surface area contributed by atoms with E-state index in [9.17, 15) is 0 Å². The van der Waals surface area contributed by atoms with Crippen LogP contribution in [0.25, 0.3) is 0 Å². The number of nitrogens with one attached hydrogen (secondary N) is 1. The van der Waals surface area contributed by atoms with Crippen molar-refractivity contribution in [2.24, 2.45) is 0 Å². The molecule has 0 unspecified atom stereocenters. The van der Waals surface area contributed by atoms with E-state index in [1.54, 1.807) is 0 Å². The molecule has 0 radical (unpaired) electrons. The number of likely N-dealkylation sites (N-methyl/N-ethyl adjacent to an activating group) is 1. The standard InChI is InChI=1S/C10H17N3.C2H6/c1-9-6-10(8-11-7-9)12-4-5-13(2)3;1-2/h6-8,12H,4-5H2,1-3H3;1-2H3. The summed E-state index contributed by atoms with van der Waals surface area (Å²) in [6, 6.07) is 2.10. The summed E-state index contributed by atoms with van der Waals surface area (Å²) in [5.74, 6) is 0. The van der Waals surface area contributed by atoms with E-state index in [0.717, 1.165) is 18.8 Å². The molecule has 1 heterocycles. The highest BCUT2D eigenvalue weighted by Gasteiger charge is 1.93. The maximum absolute atomic E-state index is 4.11. The zero-order valence-electron chi connectivity index (χ0n) is 10.5. The number of hydrogen-bond acceptors (Lipinski definition) is 3. The molecule has 0 aliphatic rings. The van der Waals surface area contributed by atoms with E-state index < -0.39 is 0 Å². The monoisotopic (exact) mass is 209 g/mol. The van der Waals surface area contributed by atoms with Gasteiger partial charge in [0, 0.05) is 25.5 Å². The average Bonchev–Trinajstić information content (AvgIpc) is 2.20. The first kappa shape index (κ1) is 13.9. The Morgan fingerprint density at radius 1 is 1.27 bits per heavy atom. The van der Waals surface area contributed by atoms with Crippen LogP contribution in [0.3, 0.4) is 0 Å². The van der Waals surface area contributed by atoms with Crippen molar-refractivity contribution in [2.75, 3.05) is 32.5 Å². The fourth-order valence-electron chi connectivity index (χ4n) is 1.08. The normalized spacial score (nSPS) is 9.47. The number of rotatable bonds is 4. The molecule has 3 heteroatoms. The van der Waals surface area contributed by atoms with Crippen molar-refractivity contribution >= 4 is 5.69 Å². The fourth-order valence-corrected chi connectivity index (χ4v) is 1.08. The molecule has 15 heavy (non-hydrogen) atoms. The van der Waals surface area contributed by atoms with Gasteiger partial charge in [0.1, 0.15) is 0 Å². The second-order valence-electron chi connectivity index (χ2n) is 3.48. The van der Waals surface area contributed by atoms with Crippen LogP contribution < -0.4 is 5.32 Å². The minimum absolute atomic E-state index is 0.956. The SMILES string of the molecule is CC.Cc1cncc(NCCN(C)C)c1. The smallest absolute Gasteiger partial charge is 0.0529 e. The Labute approximate surface area is 93.5 Å². The van der Waals surface area contributed by atoms with Crippen molar-refractivity contribution in [1.82, 2.24) is 9.88 Å². The topological polar surface area (TPSA) is 28.2 Å². The molecule has 0 aromatic carbocycles. The Kier molecular flexibility index (Phi) is 7.64. The first-order chi connectivity index (χ1) is 7.18. The molecular weight excluding hydrogens is 186 g/mol. The molecule has 0 bridgehead atoms. The van der Waals surface area contributed by atoms with E-state index in [2.05, 4.69) is 35.4 Å². The van der Waals surface area contributed by atoms with E-state index in [1.165, 1.54) is 5.56 Å². The Morgan fingerprint density at radius 2 is 1.93 bits per heavy atom. The lowest BCUT2D eigenvalue weighted by Gasteiger charge is -2.11. The summed E-state index contributed by atoms with van der Waals surface area (Å²) in [6.45, 7) is 8.04. The maximum Gasteiger partial charge on any atom is 0.0529 e. The summed E-state index contributed by atoms with van der Waals surface area (Å²) >= 11 is 0. The molecule has 1 aromatic heterocycles. The Balaban J connectivity index is 0.000000921. The van der Waals surface area contributed by atoms with Crippen LogP contribution >= 0.6 is 0 Å². The number of hydrogen-bond donors (Lipinski definition) is 1. The quantitative estimate of drug-likeness (QED) is 0.825. The van der Waals surface area contributed by atoms with Gasteiger partial charge in [-0.3, -0.25) is 4.98 Å². The highest BCUT2D eigenvalue weighted by Crippen LogP contribution is 2.05. The van der Waals surface area contributed by atoms with Crippen molar-refractivity contribution in [3.05, 3.63) is 24.0 Å². The van der Waals surface area contributed by atoms with Gasteiger partial charge in [0.25, 0.3) is 0 Å². The molecule has 1 rings (SSSR count). The van der Waals surface area contributed by atoms with Gasteiger partial charge >= 0.3 is 0 Å². The van der Waals surface area contributed by atoms with Crippen LogP contribution in [0.5, 0.6) is 0 Å². The summed E-state index contributed by atoms with van der Waals surface area (Å²) in [4.78, 5) is 6.25. The van der Waals surface area contributed by atoms with Gasteiger partial charge in [-0.05, 0) is 32.6 Å². The lowest BCUT2D eigenvalue weighted by atomic mass is 10.3. The molecule has 86 valence electrons. The van der Waals surface area contributed by atoms with Crippen molar-refractivity contribution in [3.8, 4) is 0 Å². The number of aromatic nitrogens is 1.